The Morgan fingerprint density at radius 1 is 1.59 bits per heavy atom. The van der Waals surface area contributed by atoms with Crippen molar-refractivity contribution in [1.29, 1.82) is 0 Å². The molecular weight excluding hydrogens is 218 g/mol. The lowest BCUT2D eigenvalue weighted by molar-refractivity contribution is -0.125. The molecule has 1 amide bonds. The molecule has 0 spiro atoms. The molecule has 1 rings (SSSR count). The zero-order valence-electron chi connectivity index (χ0n) is 10.7. The number of nitrogens with two attached hydrogens (primary N) is 1. The number of nitrogens with one attached hydrogen (secondary N) is 1. The largest absolute Gasteiger partial charge is 0.444 e. The van der Waals surface area contributed by atoms with Crippen molar-refractivity contribution in [3.63, 3.8) is 0 Å². The van der Waals surface area contributed by atoms with Gasteiger partial charge in [-0.25, -0.2) is 4.98 Å². The maximum absolute atomic E-state index is 11.8. The van der Waals surface area contributed by atoms with E-state index in [-0.39, 0.29) is 17.9 Å². The average molecular weight is 239 g/mol. The third-order valence-electron chi connectivity index (χ3n) is 2.66. The summed E-state index contributed by atoms with van der Waals surface area (Å²) in [5.74, 6) is 1.28. The quantitative estimate of drug-likeness (QED) is 0.789. The summed E-state index contributed by atoms with van der Waals surface area (Å²) < 4.78 is 5.36. The van der Waals surface area contributed by atoms with Crippen molar-refractivity contribution in [2.24, 2.45) is 11.7 Å². The topological polar surface area (TPSA) is 81.2 Å². The Balaban J connectivity index is 2.45. The molecule has 0 aromatic carbocycles. The van der Waals surface area contributed by atoms with Gasteiger partial charge in [-0.3, -0.25) is 4.79 Å². The van der Waals surface area contributed by atoms with E-state index < -0.39 is 0 Å². The normalized spacial score (nSPS) is 14.4. The molecule has 0 saturated carbocycles. The number of amides is 1. The highest BCUT2D eigenvalue weighted by molar-refractivity contribution is 5.78. The molecule has 1 aromatic heterocycles. The number of hydrogen-bond acceptors (Lipinski definition) is 4. The van der Waals surface area contributed by atoms with Gasteiger partial charge in [0.15, 0.2) is 0 Å². The van der Waals surface area contributed by atoms with Gasteiger partial charge in [0.05, 0.1) is 6.20 Å². The molecule has 0 aliphatic rings. The number of rotatable bonds is 6. The van der Waals surface area contributed by atoms with E-state index in [1.54, 1.807) is 6.20 Å². The molecule has 2 unspecified atom stereocenters. The van der Waals surface area contributed by atoms with Gasteiger partial charge in [-0.05, 0) is 33.2 Å². The number of hydrogen-bond donors (Lipinski definition) is 2. The van der Waals surface area contributed by atoms with Crippen LogP contribution < -0.4 is 11.1 Å². The van der Waals surface area contributed by atoms with Crippen molar-refractivity contribution in [3.8, 4) is 0 Å². The van der Waals surface area contributed by atoms with Crippen molar-refractivity contribution in [3.05, 3.63) is 17.8 Å². The summed E-state index contributed by atoms with van der Waals surface area (Å²) in [7, 11) is 0. The molecule has 5 nitrogen and oxygen atoms in total. The first-order valence-corrected chi connectivity index (χ1v) is 5.97. The number of aromatic nitrogens is 1. The second-order valence-corrected chi connectivity index (χ2v) is 4.37. The Kier molecular flexibility index (Phi) is 5.15. The minimum Gasteiger partial charge on any atom is -0.444 e. The second-order valence-electron chi connectivity index (χ2n) is 4.37. The van der Waals surface area contributed by atoms with Crippen LogP contribution in [-0.4, -0.2) is 17.4 Å². The predicted molar refractivity (Wildman–Crippen MR) is 65.3 cm³/mol. The van der Waals surface area contributed by atoms with Crippen LogP contribution in [0.2, 0.25) is 0 Å². The van der Waals surface area contributed by atoms with Crippen LogP contribution in [0, 0.1) is 12.8 Å². The van der Waals surface area contributed by atoms with Gasteiger partial charge in [0.1, 0.15) is 11.8 Å². The number of oxazole rings is 1. The summed E-state index contributed by atoms with van der Waals surface area (Å²) in [4.78, 5) is 15.9. The number of nitrogens with zero attached hydrogens (tertiary/aromatic N) is 1. The SMILES string of the molecule is Cc1cnc(C(C)NC(=O)C(C)CCCN)o1. The fourth-order valence-corrected chi connectivity index (χ4v) is 1.54. The zero-order valence-corrected chi connectivity index (χ0v) is 10.7. The molecule has 2 atom stereocenters. The van der Waals surface area contributed by atoms with Crippen molar-refractivity contribution in [1.82, 2.24) is 10.3 Å². The zero-order chi connectivity index (χ0) is 12.8. The van der Waals surface area contributed by atoms with Crippen molar-refractivity contribution < 1.29 is 9.21 Å². The number of aryl methyl sites for hydroxylation is 1. The van der Waals surface area contributed by atoms with Gasteiger partial charge in [-0.15, -0.1) is 0 Å². The van der Waals surface area contributed by atoms with E-state index in [1.165, 1.54) is 0 Å². The maximum Gasteiger partial charge on any atom is 0.223 e. The minimum atomic E-state index is -0.198. The summed E-state index contributed by atoms with van der Waals surface area (Å²) in [6, 6.07) is -0.198. The molecule has 0 radical (unpaired) electrons. The van der Waals surface area contributed by atoms with Crippen LogP contribution in [0.25, 0.3) is 0 Å². The van der Waals surface area contributed by atoms with Gasteiger partial charge >= 0.3 is 0 Å². The summed E-state index contributed by atoms with van der Waals surface area (Å²) in [6.07, 6.45) is 3.32. The molecule has 1 aromatic rings. The van der Waals surface area contributed by atoms with E-state index in [1.807, 2.05) is 20.8 Å². The van der Waals surface area contributed by atoms with Crippen molar-refractivity contribution in [2.45, 2.75) is 39.7 Å². The molecule has 0 fully saturated rings. The van der Waals surface area contributed by atoms with E-state index in [0.29, 0.717) is 12.4 Å². The van der Waals surface area contributed by atoms with Crippen LogP contribution >= 0.6 is 0 Å². The highest BCUT2D eigenvalue weighted by Crippen LogP contribution is 2.13. The molecule has 3 N–H and O–H groups in total. The Labute approximate surface area is 102 Å². The molecule has 5 heteroatoms. The molecule has 0 aliphatic carbocycles. The lowest BCUT2D eigenvalue weighted by atomic mass is 10.0. The Hall–Kier alpha value is -1.36. The fraction of sp³-hybridized carbons (Fsp3) is 0.667. The molecule has 0 aliphatic heterocycles. The Morgan fingerprint density at radius 2 is 2.29 bits per heavy atom. The van der Waals surface area contributed by atoms with Gasteiger partial charge < -0.3 is 15.5 Å². The van der Waals surface area contributed by atoms with Crippen LogP contribution in [0.1, 0.15) is 44.4 Å². The van der Waals surface area contributed by atoms with E-state index in [2.05, 4.69) is 10.3 Å². The Bertz CT molecular complexity index is 362. The van der Waals surface area contributed by atoms with Gasteiger partial charge in [0.25, 0.3) is 0 Å². The summed E-state index contributed by atoms with van der Waals surface area (Å²) in [6.45, 7) is 6.21. The molecule has 0 saturated heterocycles. The lowest BCUT2D eigenvalue weighted by Gasteiger charge is -2.15. The first-order chi connectivity index (χ1) is 8.04. The van der Waals surface area contributed by atoms with Crippen LogP contribution in [0.15, 0.2) is 10.6 Å². The Morgan fingerprint density at radius 3 is 2.82 bits per heavy atom. The molecular formula is C12H21N3O2. The smallest absolute Gasteiger partial charge is 0.223 e. The average Bonchev–Trinajstić information content (AvgIpc) is 2.72. The highest BCUT2D eigenvalue weighted by Gasteiger charge is 2.18. The first kappa shape index (κ1) is 13.7. The van der Waals surface area contributed by atoms with Crippen molar-refractivity contribution >= 4 is 5.91 Å². The summed E-state index contributed by atoms with van der Waals surface area (Å²) in [5, 5.41) is 2.88. The van der Waals surface area contributed by atoms with Gasteiger partial charge in [-0.2, -0.15) is 0 Å². The summed E-state index contributed by atoms with van der Waals surface area (Å²) >= 11 is 0. The monoisotopic (exact) mass is 239 g/mol. The maximum atomic E-state index is 11.8. The van der Waals surface area contributed by atoms with E-state index in [4.69, 9.17) is 10.2 Å². The van der Waals surface area contributed by atoms with Gasteiger partial charge in [0, 0.05) is 5.92 Å². The standard InChI is InChI=1S/C12H21N3O2/c1-8(5-4-6-13)11(16)15-10(3)12-14-7-9(2)17-12/h7-8,10H,4-6,13H2,1-3H3,(H,15,16). The second kappa shape index (κ2) is 6.39. The number of carbonyl (C=O) groups excluding carboxylic acids is 1. The van der Waals surface area contributed by atoms with Crippen molar-refractivity contribution in [2.75, 3.05) is 6.54 Å². The van der Waals surface area contributed by atoms with Crippen LogP contribution in [0.5, 0.6) is 0 Å². The number of carbonyl (C=O) groups is 1. The van der Waals surface area contributed by atoms with E-state index in [0.717, 1.165) is 18.6 Å². The minimum absolute atomic E-state index is 0.0156. The van der Waals surface area contributed by atoms with E-state index >= 15 is 0 Å². The first-order valence-electron chi connectivity index (χ1n) is 5.97. The van der Waals surface area contributed by atoms with Crippen LogP contribution in [-0.2, 0) is 4.79 Å². The molecule has 96 valence electrons. The third kappa shape index (κ3) is 4.19. The van der Waals surface area contributed by atoms with Crippen LogP contribution in [0.3, 0.4) is 0 Å². The molecule has 0 bridgehead atoms. The fourth-order valence-electron chi connectivity index (χ4n) is 1.54. The summed E-state index contributed by atoms with van der Waals surface area (Å²) in [5.41, 5.74) is 5.42. The molecule has 17 heavy (non-hydrogen) atoms. The van der Waals surface area contributed by atoms with E-state index in [9.17, 15) is 4.79 Å². The third-order valence-corrected chi connectivity index (χ3v) is 2.66. The molecule has 1 heterocycles. The highest BCUT2D eigenvalue weighted by atomic mass is 16.4. The van der Waals surface area contributed by atoms with Gasteiger partial charge in [-0.1, -0.05) is 6.92 Å². The lowest BCUT2D eigenvalue weighted by Crippen LogP contribution is -2.32. The van der Waals surface area contributed by atoms with Crippen LogP contribution in [0.4, 0.5) is 0 Å². The predicted octanol–water partition coefficient (Wildman–Crippen LogP) is 1.54. The van der Waals surface area contributed by atoms with Gasteiger partial charge in [0.2, 0.25) is 11.8 Å².